The largest absolute Gasteiger partial charge is 0.302 e. The van der Waals surface area contributed by atoms with Gasteiger partial charge in [-0.15, -0.1) is 0 Å². The van der Waals surface area contributed by atoms with Crippen LogP contribution in [0.2, 0.25) is 0 Å². The van der Waals surface area contributed by atoms with Crippen molar-refractivity contribution >= 4 is 0 Å². The van der Waals surface area contributed by atoms with Gasteiger partial charge in [0, 0.05) is 5.54 Å². The van der Waals surface area contributed by atoms with Gasteiger partial charge in [-0.05, 0) is 52.1 Å². The van der Waals surface area contributed by atoms with Crippen molar-refractivity contribution in [2.75, 3.05) is 14.1 Å². The Hall–Kier alpha value is -0.970. The molecule has 1 aromatic rings. The molecular formula is C13H22FN3. The van der Waals surface area contributed by atoms with Crippen molar-refractivity contribution in [3.63, 3.8) is 0 Å². The second-order valence-corrected chi connectivity index (χ2v) is 5.16. The Morgan fingerprint density at radius 2 is 1.94 bits per heavy atom. The van der Waals surface area contributed by atoms with Gasteiger partial charge in [0.2, 0.25) is 0 Å². The summed E-state index contributed by atoms with van der Waals surface area (Å²) in [5.41, 5.74) is 4.28. The maximum Gasteiger partial charge on any atom is 0.126 e. The normalized spacial score (nSPS) is 14.1. The molecule has 96 valence electrons. The van der Waals surface area contributed by atoms with Crippen molar-refractivity contribution in [3.05, 3.63) is 35.1 Å². The Balaban J connectivity index is 3.14. The van der Waals surface area contributed by atoms with E-state index >= 15 is 0 Å². The standard InChI is InChI=1S/C13H22FN3/c1-9-8-10(6-7-11(9)14)12(16-15)13(2,3)17(4)5/h6-8,12,16H,15H2,1-5H3. The molecule has 0 aliphatic heterocycles. The number of hydrogen-bond acceptors (Lipinski definition) is 3. The fraction of sp³-hybridized carbons (Fsp3) is 0.538. The topological polar surface area (TPSA) is 41.3 Å². The third-order valence-electron chi connectivity index (χ3n) is 3.54. The van der Waals surface area contributed by atoms with Crippen LogP contribution in [0, 0.1) is 12.7 Å². The Morgan fingerprint density at radius 3 is 2.35 bits per heavy atom. The molecule has 1 atom stereocenters. The summed E-state index contributed by atoms with van der Waals surface area (Å²) >= 11 is 0. The maximum atomic E-state index is 13.3. The van der Waals surface area contributed by atoms with E-state index in [1.165, 1.54) is 6.07 Å². The lowest BCUT2D eigenvalue weighted by Gasteiger charge is -2.40. The highest BCUT2D eigenvalue weighted by Gasteiger charge is 2.32. The number of aryl methyl sites for hydroxylation is 1. The monoisotopic (exact) mass is 239 g/mol. The first kappa shape index (κ1) is 14.1. The van der Waals surface area contributed by atoms with E-state index in [1.807, 2.05) is 20.2 Å². The number of nitrogens with two attached hydrogens (primary N) is 1. The highest BCUT2D eigenvalue weighted by molar-refractivity contribution is 5.28. The highest BCUT2D eigenvalue weighted by Crippen LogP contribution is 2.29. The van der Waals surface area contributed by atoms with Crippen LogP contribution in [0.15, 0.2) is 18.2 Å². The summed E-state index contributed by atoms with van der Waals surface area (Å²) in [5, 5.41) is 0. The van der Waals surface area contributed by atoms with Crippen molar-refractivity contribution in [2.45, 2.75) is 32.4 Å². The number of benzene rings is 1. The number of hydrazine groups is 1. The number of halogens is 1. The molecule has 0 aliphatic rings. The van der Waals surface area contributed by atoms with Crippen LogP contribution in [-0.2, 0) is 0 Å². The third kappa shape index (κ3) is 2.83. The average molecular weight is 239 g/mol. The van der Waals surface area contributed by atoms with Crippen LogP contribution in [0.3, 0.4) is 0 Å². The fourth-order valence-corrected chi connectivity index (χ4v) is 1.81. The van der Waals surface area contributed by atoms with Crippen LogP contribution in [0.4, 0.5) is 4.39 Å². The molecular weight excluding hydrogens is 217 g/mol. The highest BCUT2D eigenvalue weighted by atomic mass is 19.1. The molecule has 0 amide bonds. The molecule has 1 unspecified atom stereocenters. The molecule has 0 saturated carbocycles. The average Bonchev–Trinajstić information content (AvgIpc) is 2.23. The SMILES string of the molecule is Cc1cc(C(NN)C(C)(C)N(C)C)ccc1F. The van der Waals surface area contributed by atoms with Crippen molar-refractivity contribution < 1.29 is 4.39 Å². The van der Waals surface area contributed by atoms with Crippen LogP contribution in [0.5, 0.6) is 0 Å². The molecule has 0 fully saturated rings. The third-order valence-corrected chi connectivity index (χ3v) is 3.54. The molecule has 0 bridgehead atoms. The van der Waals surface area contributed by atoms with Gasteiger partial charge >= 0.3 is 0 Å². The maximum absolute atomic E-state index is 13.3. The Kier molecular flexibility index (Phi) is 4.25. The summed E-state index contributed by atoms with van der Waals surface area (Å²) in [5.74, 6) is 5.46. The van der Waals surface area contributed by atoms with Crippen molar-refractivity contribution in [1.29, 1.82) is 0 Å². The minimum atomic E-state index is -0.188. The van der Waals surface area contributed by atoms with Gasteiger partial charge < -0.3 is 4.90 Å². The predicted octanol–water partition coefficient (Wildman–Crippen LogP) is 1.98. The zero-order valence-electron chi connectivity index (χ0n) is 11.2. The van der Waals surface area contributed by atoms with Crippen LogP contribution in [0.25, 0.3) is 0 Å². The number of nitrogens with one attached hydrogen (secondary N) is 1. The van der Waals surface area contributed by atoms with Gasteiger partial charge in [-0.25, -0.2) is 4.39 Å². The van der Waals surface area contributed by atoms with Gasteiger partial charge in [0.15, 0.2) is 0 Å². The number of nitrogens with zero attached hydrogens (tertiary/aromatic N) is 1. The Bertz CT molecular complexity index is 388. The summed E-state index contributed by atoms with van der Waals surface area (Å²) in [6, 6.07) is 5.04. The molecule has 3 nitrogen and oxygen atoms in total. The summed E-state index contributed by atoms with van der Waals surface area (Å²) < 4.78 is 13.3. The van der Waals surface area contributed by atoms with Gasteiger partial charge in [-0.1, -0.05) is 12.1 Å². The Labute approximate surface area is 103 Å². The molecule has 0 radical (unpaired) electrons. The lowest BCUT2D eigenvalue weighted by atomic mass is 9.87. The van der Waals surface area contributed by atoms with Gasteiger partial charge in [-0.2, -0.15) is 0 Å². The van der Waals surface area contributed by atoms with Crippen LogP contribution in [-0.4, -0.2) is 24.5 Å². The smallest absolute Gasteiger partial charge is 0.126 e. The Morgan fingerprint density at radius 1 is 1.35 bits per heavy atom. The molecule has 3 N–H and O–H groups in total. The predicted molar refractivity (Wildman–Crippen MR) is 69.0 cm³/mol. The van der Waals surface area contributed by atoms with E-state index in [0.717, 1.165) is 5.56 Å². The van der Waals surface area contributed by atoms with E-state index in [-0.39, 0.29) is 17.4 Å². The van der Waals surface area contributed by atoms with Gasteiger partial charge in [0.25, 0.3) is 0 Å². The minimum Gasteiger partial charge on any atom is -0.302 e. The molecule has 0 spiro atoms. The fourth-order valence-electron chi connectivity index (χ4n) is 1.81. The van der Waals surface area contributed by atoms with Crippen LogP contribution >= 0.6 is 0 Å². The van der Waals surface area contributed by atoms with Crippen molar-refractivity contribution in [2.24, 2.45) is 5.84 Å². The molecule has 0 saturated heterocycles. The lowest BCUT2D eigenvalue weighted by molar-refractivity contribution is 0.138. The van der Waals surface area contributed by atoms with E-state index in [4.69, 9.17) is 5.84 Å². The quantitative estimate of drug-likeness (QED) is 0.623. The molecule has 1 rings (SSSR count). The number of hydrogen-bond donors (Lipinski definition) is 2. The van der Waals surface area contributed by atoms with Crippen LogP contribution < -0.4 is 11.3 Å². The molecule has 0 aromatic heterocycles. The first-order valence-electron chi connectivity index (χ1n) is 5.70. The zero-order valence-corrected chi connectivity index (χ0v) is 11.2. The van der Waals surface area contributed by atoms with Crippen molar-refractivity contribution in [1.82, 2.24) is 10.3 Å². The van der Waals surface area contributed by atoms with Gasteiger partial charge in [-0.3, -0.25) is 11.3 Å². The summed E-state index contributed by atoms with van der Waals surface area (Å²) in [6.45, 7) is 5.95. The van der Waals surface area contributed by atoms with Crippen molar-refractivity contribution in [3.8, 4) is 0 Å². The van der Waals surface area contributed by atoms with E-state index in [2.05, 4.69) is 24.2 Å². The zero-order chi connectivity index (χ0) is 13.2. The molecule has 17 heavy (non-hydrogen) atoms. The number of rotatable bonds is 4. The summed E-state index contributed by atoms with van der Waals surface area (Å²) in [6.07, 6.45) is 0. The van der Waals surface area contributed by atoms with Gasteiger partial charge in [0.1, 0.15) is 5.82 Å². The molecule has 1 aromatic carbocycles. The second-order valence-electron chi connectivity index (χ2n) is 5.16. The van der Waals surface area contributed by atoms with Gasteiger partial charge in [0.05, 0.1) is 6.04 Å². The molecule has 0 heterocycles. The van der Waals surface area contributed by atoms with E-state index in [9.17, 15) is 4.39 Å². The summed E-state index contributed by atoms with van der Waals surface area (Å²) in [7, 11) is 4.00. The first-order chi connectivity index (χ1) is 7.80. The second kappa shape index (κ2) is 5.12. The molecule has 0 aliphatic carbocycles. The first-order valence-corrected chi connectivity index (χ1v) is 5.70. The van der Waals surface area contributed by atoms with Crippen LogP contribution in [0.1, 0.15) is 31.0 Å². The lowest BCUT2D eigenvalue weighted by Crippen LogP contribution is -2.51. The minimum absolute atomic E-state index is 0.0585. The van der Waals surface area contributed by atoms with E-state index in [0.29, 0.717) is 5.56 Å². The molecule has 4 heteroatoms. The summed E-state index contributed by atoms with van der Waals surface area (Å²) in [4.78, 5) is 2.09. The van der Waals surface area contributed by atoms with E-state index in [1.54, 1.807) is 13.0 Å². The number of likely N-dealkylation sites (N-methyl/N-ethyl adjacent to an activating group) is 1. The van der Waals surface area contributed by atoms with E-state index < -0.39 is 0 Å².